The summed E-state index contributed by atoms with van der Waals surface area (Å²) >= 11 is 0. The van der Waals surface area contributed by atoms with Crippen molar-refractivity contribution in [3.05, 3.63) is 78.6 Å². The number of amides is 2. The first-order chi connectivity index (χ1) is 16.1. The number of carbonyl (C=O) groups is 1. The number of para-hydroxylation sites is 1. The van der Waals surface area contributed by atoms with Crippen molar-refractivity contribution in [2.24, 2.45) is 0 Å². The number of hydrogen-bond donors (Lipinski definition) is 2. The SMILES string of the molecule is CCCCNC(=O)Nc1ccc2nc(-c3ccccc3OC)c(-c3ccccc3F)cc2c1. The fraction of sp³-hybridized carbons (Fsp3) is 0.185. The smallest absolute Gasteiger partial charge is 0.319 e. The van der Waals surface area contributed by atoms with Crippen LogP contribution in [0.1, 0.15) is 19.8 Å². The Labute approximate surface area is 192 Å². The van der Waals surface area contributed by atoms with Crippen molar-refractivity contribution in [2.45, 2.75) is 19.8 Å². The van der Waals surface area contributed by atoms with E-state index in [0.29, 0.717) is 34.8 Å². The van der Waals surface area contributed by atoms with E-state index in [1.165, 1.54) is 6.07 Å². The number of urea groups is 1. The van der Waals surface area contributed by atoms with Gasteiger partial charge >= 0.3 is 6.03 Å². The number of halogens is 1. The van der Waals surface area contributed by atoms with Crippen LogP contribution in [0.4, 0.5) is 14.9 Å². The minimum Gasteiger partial charge on any atom is -0.496 e. The number of ether oxygens (including phenoxy) is 1. The Morgan fingerprint density at radius 3 is 2.48 bits per heavy atom. The number of nitrogens with one attached hydrogen (secondary N) is 2. The molecule has 0 atom stereocenters. The first-order valence-corrected chi connectivity index (χ1v) is 11.0. The molecule has 0 aliphatic carbocycles. The molecule has 4 aromatic rings. The number of fused-ring (bicyclic) bond motifs is 1. The number of unbranched alkanes of at least 4 members (excludes halogenated alkanes) is 1. The predicted octanol–water partition coefficient (Wildman–Crippen LogP) is 6.64. The third-order valence-electron chi connectivity index (χ3n) is 5.41. The number of rotatable bonds is 7. The molecule has 0 saturated carbocycles. The molecule has 0 radical (unpaired) electrons. The fourth-order valence-electron chi connectivity index (χ4n) is 3.74. The van der Waals surface area contributed by atoms with E-state index >= 15 is 0 Å². The van der Waals surface area contributed by atoms with Gasteiger partial charge in [0.15, 0.2) is 0 Å². The van der Waals surface area contributed by atoms with Crippen molar-refractivity contribution in [3.8, 4) is 28.1 Å². The van der Waals surface area contributed by atoms with Gasteiger partial charge in [0.05, 0.1) is 18.3 Å². The number of aromatic nitrogens is 1. The van der Waals surface area contributed by atoms with Crippen LogP contribution in [0.3, 0.4) is 0 Å². The van der Waals surface area contributed by atoms with Gasteiger partial charge in [-0.05, 0) is 48.9 Å². The van der Waals surface area contributed by atoms with Crippen LogP contribution in [-0.4, -0.2) is 24.7 Å². The Kier molecular flexibility index (Phi) is 6.83. The molecule has 4 rings (SSSR count). The highest BCUT2D eigenvalue weighted by Gasteiger charge is 2.17. The molecule has 6 heteroatoms. The number of pyridine rings is 1. The molecule has 33 heavy (non-hydrogen) atoms. The summed E-state index contributed by atoms with van der Waals surface area (Å²) in [5.74, 6) is 0.323. The molecule has 0 aliphatic rings. The van der Waals surface area contributed by atoms with E-state index in [-0.39, 0.29) is 11.8 Å². The van der Waals surface area contributed by atoms with Crippen LogP contribution in [0.25, 0.3) is 33.3 Å². The lowest BCUT2D eigenvalue weighted by Crippen LogP contribution is -2.29. The second-order valence-corrected chi connectivity index (χ2v) is 7.71. The average Bonchev–Trinajstić information content (AvgIpc) is 2.83. The quantitative estimate of drug-likeness (QED) is 0.315. The van der Waals surface area contributed by atoms with Crippen LogP contribution in [0, 0.1) is 5.82 Å². The zero-order valence-electron chi connectivity index (χ0n) is 18.7. The van der Waals surface area contributed by atoms with Gasteiger partial charge in [0.1, 0.15) is 11.6 Å². The summed E-state index contributed by atoms with van der Waals surface area (Å²) in [6.07, 6.45) is 1.93. The molecule has 0 aliphatic heterocycles. The first-order valence-electron chi connectivity index (χ1n) is 11.0. The predicted molar refractivity (Wildman–Crippen MR) is 131 cm³/mol. The molecular weight excluding hydrogens is 417 g/mol. The van der Waals surface area contributed by atoms with E-state index in [4.69, 9.17) is 9.72 Å². The van der Waals surface area contributed by atoms with E-state index < -0.39 is 0 Å². The van der Waals surface area contributed by atoms with Crippen molar-refractivity contribution in [3.63, 3.8) is 0 Å². The molecular formula is C27H26FN3O2. The summed E-state index contributed by atoms with van der Waals surface area (Å²) in [4.78, 5) is 17.0. The maximum absolute atomic E-state index is 14.8. The minimum absolute atomic E-state index is 0.254. The molecule has 0 unspecified atom stereocenters. The molecule has 0 spiro atoms. The van der Waals surface area contributed by atoms with Crippen molar-refractivity contribution in [1.82, 2.24) is 10.3 Å². The second kappa shape index (κ2) is 10.1. The Bertz CT molecular complexity index is 1290. The van der Waals surface area contributed by atoms with Gasteiger partial charge in [0.2, 0.25) is 0 Å². The Hall–Kier alpha value is -3.93. The second-order valence-electron chi connectivity index (χ2n) is 7.71. The van der Waals surface area contributed by atoms with Crippen molar-refractivity contribution in [2.75, 3.05) is 19.0 Å². The topological polar surface area (TPSA) is 63.2 Å². The maximum atomic E-state index is 14.8. The molecule has 0 fully saturated rings. The van der Waals surface area contributed by atoms with Crippen LogP contribution in [0.5, 0.6) is 5.75 Å². The molecule has 1 heterocycles. The average molecular weight is 444 g/mol. The Balaban J connectivity index is 1.82. The largest absolute Gasteiger partial charge is 0.496 e. The Morgan fingerprint density at radius 2 is 1.73 bits per heavy atom. The molecule has 0 bridgehead atoms. The lowest BCUT2D eigenvalue weighted by atomic mass is 9.96. The lowest BCUT2D eigenvalue weighted by molar-refractivity contribution is 0.252. The van der Waals surface area contributed by atoms with Gasteiger partial charge in [0.25, 0.3) is 0 Å². The monoisotopic (exact) mass is 443 g/mol. The zero-order valence-corrected chi connectivity index (χ0v) is 18.7. The van der Waals surface area contributed by atoms with E-state index in [2.05, 4.69) is 17.6 Å². The number of methoxy groups -OCH3 is 1. The van der Waals surface area contributed by atoms with Gasteiger partial charge in [-0.1, -0.05) is 43.7 Å². The Morgan fingerprint density at radius 1 is 0.970 bits per heavy atom. The lowest BCUT2D eigenvalue weighted by Gasteiger charge is -2.15. The van der Waals surface area contributed by atoms with Crippen molar-refractivity contribution >= 4 is 22.6 Å². The molecule has 2 amide bonds. The molecule has 1 aromatic heterocycles. The van der Waals surface area contributed by atoms with Crippen LogP contribution >= 0.6 is 0 Å². The summed E-state index contributed by atoms with van der Waals surface area (Å²) in [6, 6.07) is 21.3. The number of anilines is 1. The normalized spacial score (nSPS) is 10.8. The third-order valence-corrected chi connectivity index (χ3v) is 5.41. The van der Waals surface area contributed by atoms with E-state index in [9.17, 15) is 9.18 Å². The van der Waals surface area contributed by atoms with E-state index in [1.807, 2.05) is 48.5 Å². The number of benzene rings is 3. The zero-order chi connectivity index (χ0) is 23.2. The van der Waals surface area contributed by atoms with Gasteiger partial charge in [-0.15, -0.1) is 0 Å². The summed E-state index contributed by atoms with van der Waals surface area (Å²) in [5, 5.41) is 6.49. The molecule has 2 N–H and O–H groups in total. The van der Waals surface area contributed by atoms with Gasteiger partial charge < -0.3 is 15.4 Å². The minimum atomic E-state index is -0.334. The molecule has 168 valence electrons. The number of carbonyl (C=O) groups excluding carboxylic acids is 1. The number of nitrogens with zero attached hydrogens (tertiary/aromatic N) is 1. The highest BCUT2D eigenvalue weighted by Crippen LogP contribution is 2.38. The standard InChI is InChI=1S/C27H26FN3O2/c1-3-4-15-29-27(32)30-19-13-14-24-18(16-19)17-22(20-9-5-7-11-23(20)28)26(31-24)21-10-6-8-12-25(21)33-2/h5-14,16-17H,3-4,15H2,1-2H3,(H2,29,30,32). The van der Waals surface area contributed by atoms with Crippen LogP contribution in [-0.2, 0) is 0 Å². The summed E-state index contributed by atoms with van der Waals surface area (Å²) in [5.41, 5.74) is 3.87. The van der Waals surface area contributed by atoms with Gasteiger partial charge in [-0.3, -0.25) is 0 Å². The molecule has 3 aromatic carbocycles. The van der Waals surface area contributed by atoms with Crippen molar-refractivity contribution in [1.29, 1.82) is 0 Å². The molecule has 5 nitrogen and oxygen atoms in total. The summed E-state index contributed by atoms with van der Waals surface area (Å²) < 4.78 is 20.4. The van der Waals surface area contributed by atoms with Gasteiger partial charge in [-0.2, -0.15) is 0 Å². The maximum Gasteiger partial charge on any atom is 0.319 e. The van der Waals surface area contributed by atoms with E-state index in [0.717, 1.165) is 29.3 Å². The first kappa shape index (κ1) is 22.3. The van der Waals surface area contributed by atoms with E-state index in [1.54, 1.807) is 25.3 Å². The number of hydrogen-bond acceptors (Lipinski definition) is 3. The highest BCUT2D eigenvalue weighted by atomic mass is 19.1. The fourth-order valence-corrected chi connectivity index (χ4v) is 3.74. The van der Waals surface area contributed by atoms with Crippen LogP contribution in [0.15, 0.2) is 72.8 Å². The third kappa shape index (κ3) is 4.95. The summed E-state index contributed by atoms with van der Waals surface area (Å²) in [6.45, 7) is 2.69. The van der Waals surface area contributed by atoms with Crippen LogP contribution < -0.4 is 15.4 Å². The highest BCUT2D eigenvalue weighted by molar-refractivity contribution is 5.96. The van der Waals surface area contributed by atoms with Crippen LogP contribution in [0.2, 0.25) is 0 Å². The van der Waals surface area contributed by atoms with Gasteiger partial charge in [0, 0.05) is 34.3 Å². The summed E-state index contributed by atoms with van der Waals surface area (Å²) in [7, 11) is 1.60. The van der Waals surface area contributed by atoms with Gasteiger partial charge in [-0.25, -0.2) is 14.2 Å². The molecule has 0 saturated heterocycles. The van der Waals surface area contributed by atoms with Crippen molar-refractivity contribution < 1.29 is 13.9 Å².